The number of nitrogens with one attached hydrogen (secondary N) is 1. The van der Waals surface area contributed by atoms with Crippen molar-refractivity contribution in [3.63, 3.8) is 0 Å². The van der Waals surface area contributed by atoms with Crippen molar-refractivity contribution < 1.29 is 13.9 Å². The maximum Gasteiger partial charge on any atom is 0.165 e. The van der Waals surface area contributed by atoms with Crippen molar-refractivity contribution in [1.29, 1.82) is 0 Å². The lowest BCUT2D eigenvalue weighted by Gasteiger charge is -2.12. The second-order valence-electron chi connectivity index (χ2n) is 4.49. The Bertz CT molecular complexity index is 378. The molecule has 0 bridgehead atoms. The van der Waals surface area contributed by atoms with E-state index in [1.165, 1.54) is 6.07 Å². The number of rotatable bonds is 6. The third kappa shape index (κ3) is 3.68. The average molecular weight is 253 g/mol. The van der Waals surface area contributed by atoms with Gasteiger partial charge < -0.3 is 14.8 Å². The van der Waals surface area contributed by atoms with Crippen LogP contribution < -0.4 is 10.1 Å². The van der Waals surface area contributed by atoms with E-state index in [4.69, 9.17) is 9.47 Å². The Morgan fingerprint density at radius 3 is 3.06 bits per heavy atom. The molecule has 1 saturated heterocycles. The summed E-state index contributed by atoms with van der Waals surface area (Å²) in [4.78, 5) is 0. The number of benzene rings is 1. The van der Waals surface area contributed by atoms with E-state index in [9.17, 15) is 4.39 Å². The summed E-state index contributed by atoms with van der Waals surface area (Å²) in [5.41, 5.74) is 0.929. The van der Waals surface area contributed by atoms with E-state index < -0.39 is 0 Å². The van der Waals surface area contributed by atoms with Crippen LogP contribution in [-0.4, -0.2) is 25.9 Å². The first-order valence-corrected chi connectivity index (χ1v) is 6.53. The van der Waals surface area contributed by atoms with Gasteiger partial charge in [-0.1, -0.05) is 13.0 Å². The minimum absolute atomic E-state index is 0.117. The van der Waals surface area contributed by atoms with Crippen LogP contribution in [0.2, 0.25) is 0 Å². The third-order valence-electron chi connectivity index (χ3n) is 3.02. The van der Waals surface area contributed by atoms with Gasteiger partial charge in [-0.2, -0.15) is 0 Å². The van der Waals surface area contributed by atoms with E-state index in [0.29, 0.717) is 18.9 Å². The molecule has 4 heteroatoms. The van der Waals surface area contributed by atoms with Crippen LogP contribution in [0.3, 0.4) is 0 Å². The van der Waals surface area contributed by atoms with Crippen LogP contribution >= 0.6 is 0 Å². The zero-order valence-electron chi connectivity index (χ0n) is 10.7. The monoisotopic (exact) mass is 253 g/mol. The summed E-state index contributed by atoms with van der Waals surface area (Å²) in [7, 11) is 0. The van der Waals surface area contributed by atoms with Gasteiger partial charge in [-0.3, -0.25) is 0 Å². The van der Waals surface area contributed by atoms with Crippen molar-refractivity contribution in [3.8, 4) is 5.75 Å². The van der Waals surface area contributed by atoms with Gasteiger partial charge in [-0.15, -0.1) is 0 Å². The first-order chi connectivity index (χ1) is 8.79. The molecule has 1 atom stereocenters. The Morgan fingerprint density at radius 1 is 1.50 bits per heavy atom. The molecule has 0 amide bonds. The predicted octanol–water partition coefficient (Wildman–Crippen LogP) is 2.49. The highest BCUT2D eigenvalue weighted by Crippen LogP contribution is 2.20. The van der Waals surface area contributed by atoms with E-state index in [2.05, 4.69) is 5.32 Å². The van der Waals surface area contributed by atoms with Crippen LogP contribution in [0.15, 0.2) is 18.2 Å². The Labute approximate surface area is 107 Å². The smallest absolute Gasteiger partial charge is 0.165 e. The maximum absolute atomic E-state index is 13.8. The highest BCUT2D eigenvalue weighted by molar-refractivity contribution is 5.29. The molecule has 0 aromatic heterocycles. The van der Waals surface area contributed by atoms with Gasteiger partial charge in [-0.05, 0) is 37.1 Å². The second-order valence-corrected chi connectivity index (χ2v) is 4.49. The lowest BCUT2D eigenvalue weighted by molar-refractivity contribution is 0.0665. The van der Waals surface area contributed by atoms with Gasteiger partial charge in [0.2, 0.25) is 0 Å². The molecule has 1 N–H and O–H groups in total. The molecule has 1 heterocycles. The van der Waals surface area contributed by atoms with Gasteiger partial charge in [0.1, 0.15) is 6.61 Å². The van der Waals surface area contributed by atoms with Crippen LogP contribution in [0.1, 0.15) is 25.3 Å². The van der Waals surface area contributed by atoms with Gasteiger partial charge in [0.25, 0.3) is 0 Å². The number of halogens is 1. The maximum atomic E-state index is 13.8. The number of hydrogen-bond acceptors (Lipinski definition) is 3. The highest BCUT2D eigenvalue weighted by Gasteiger charge is 2.16. The Morgan fingerprint density at radius 2 is 2.39 bits per heavy atom. The summed E-state index contributed by atoms with van der Waals surface area (Å²) in [6.45, 7) is 4.80. The van der Waals surface area contributed by atoms with Gasteiger partial charge in [-0.25, -0.2) is 4.39 Å². The quantitative estimate of drug-likeness (QED) is 0.845. The first kappa shape index (κ1) is 13.3. The van der Waals surface area contributed by atoms with E-state index in [1.807, 2.05) is 13.0 Å². The zero-order valence-corrected chi connectivity index (χ0v) is 10.7. The van der Waals surface area contributed by atoms with E-state index in [1.54, 1.807) is 6.07 Å². The molecule has 18 heavy (non-hydrogen) atoms. The molecule has 0 saturated carbocycles. The normalized spacial score (nSPS) is 19.1. The van der Waals surface area contributed by atoms with Gasteiger partial charge in [0.15, 0.2) is 11.6 Å². The van der Waals surface area contributed by atoms with E-state index in [0.717, 1.165) is 31.6 Å². The van der Waals surface area contributed by atoms with Crippen molar-refractivity contribution in [2.45, 2.75) is 32.4 Å². The molecule has 1 aromatic carbocycles. The van der Waals surface area contributed by atoms with Crippen LogP contribution in [-0.2, 0) is 11.3 Å². The summed E-state index contributed by atoms with van der Waals surface area (Å²) >= 11 is 0. The number of hydrogen-bond donors (Lipinski definition) is 1. The molecular formula is C14H20FNO2. The van der Waals surface area contributed by atoms with E-state index in [-0.39, 0.29) is 11.9 Å². The molecule has 0 spiro atoms. The Balaban J connectivity index is 1.87. The second kappa shape index (κ2) is 6.71. The molecule has 1 aliphatic rings. The minimum Gasteiger partial charge on any atom is -0.488 e. The fraction of sp³-hybridized carbons (Fsp3) is 0.571. The van der Waals surface area contributed by atoms with Crippen LogP contribution in [0.25, 0.3) is 0 Å². The molecule has 2 rings (SSSR count). The van der Waals surface area contributed by atoms with Crippen molar-refractivity contribution in [2.24, 2.45) is 0 Å². The van der Waals surface area contributed by atoms with Crippen LogP contribution in [0, 0.1) is 5.82 Å². The average Bonchev–Trinajstić information content (AvgIpc) is 2.88. The number of ether oxygens (including phenoxy) is 2. The van der Waals surface area contributed by atoms with E-state index >= 15 is 0 Å². The van der Waals surface area contributed by atoms with Crippen molar-refractivity contribution in [2.75, 3.05) is 19.8 Å². The largest absolute Gasteiger partial charge is 0.488 e. The minimum atomic E-state index is -0.302. The molecule has 1 aliphatic heterocycles. The molecule has 0 aliphatic carbocycles. The summed E-state index contributed by atoms with van der Waals surface area (Å²) in [6.07, 6.45) is 2.18. The standard InChI is InChI=1S/C14H20FNO2/c1-2-16-9-11-5-6-14(13(15)8-11)18-10-12-4-3-7-17-12/h5-6,8,12,16H,2-4,7,9-10H2,1H3. The Kier molecular flexibility index (Phi) is 4.96. The van der Waals surface area contributed by atoms with Crippen molar-refractivity contribution in [1.82, 2.24) is 5.32 Å². The summed E-state index contributed by atoms with van der Waals surface area (Å²) in [6, 6.07) is 5.10. The molecule has 100 valence electrons. The molecule has 1 aromatic rings. The summed E-state index contributed by atoms with van der Waals surface area (Å²) in [5, 5.41) is 3.16. The summed E-state index contributed by atoms with van der Waals surface area (Å²) < 4.78 is 24.7. The van der Waals surface area contributed by atoms with Gasteiger partial charge >= 0.3 is 0 Å². The molecule has 1 unspecified atom stereocenters. The van der Waals surface area contributed by atoms with Crippen molar-refractivity contribution in [3.05, 3.63) is 29.6 Å². The zero-order chi connectivity index (χ0) is 12.8. The fourth-order valence-corrected chi connectivity index (χ4v) is 2.00. The molecule has 0 radical (unpaired) electrons. The predicted molar refractivity (Wildman–Crippen MR) is 68.2 cm³/mol. The first-order valence-electron chi connectivity index (χ1n) is 6.53. The topological polar surface area (TPSA) is 30.5 Å². The summed E-state index contributed by atoms with van der Waals surface area (Å²) in [5.74, 6) is 0.00847. The molecule has 3 nitrogen and oxygen atoms in total. The van der Waals surface area contributed by atoms with Crippen molar-refractivity contribution >= 4 is 0 Å². The SMILES string of the molecule is CCNCc1ccc(OCC2CCCO2)c(F)c1. The third-order valence-corrected chi connectivity index (χ3v) is 3.02. The Hall–Kier alpha value is -1.13. The molecule has 1 fully saturated rings. The van der Waals surface area contributed by atoms with Crippen LogP contribution in [0.4, 0.5) is 4.39 Å². The van der Waals surface area contributed by atoms with Crippen LogP contribution in [0.5, 0.6) is 5.75 Å². The molecular weight excluding hydrogens is 233 g/mol. The lowest BCUT2D eigenvalue weighted by Crippen LogP contribution is -2.17. The fourth-order valence-electron chi connectivity index (χ4n) is 2.00. The lowest BCUT2D eigenvalue weighted by atomic mass is 10.2. The van der Waals surface area contributed by atoms with Gasteiger partial charge in [0, 0.05) is 13.2 Å². The van der Waals surface area contributed by atoms with Gasteiger partial charge in [0.05, 0.1) is 6.10 Å². The highest BCUT2D eigenvalue weighted by atomic mass is 19.1.